The molecule has 0 bridgehead atoms. The highest BCUT2D eigenvalue weighted by Crippen LogP contribution is 2.28. The lowest BCUT2D eigenvalue weighted by molar-refractivity contribution is -0.127. The van der Waals surface area contributed by atoms with Gasteiger partial charge in [0.2, 0.25) is 5.91 Å². The molecule has 0 saturated carbocycles. The zero-order valence-electron chi connectivity index (χ0n) is 8.19. The molecule has 0 radical (unpaired) electrons. The van der Waals surface area contributed by atoms with Gasteiger partial charge in [-0.2, -0.15) is 0 Å². The molecule has 11 heavy (non-hydrogen) atoms. The molecule has 0 aliphatic heterocycles. The molecule has 0 fully saturated rings. The van der Waals surface area contributed by atoms with Gasteiger partial charge in [-0.05, 0) is 11.8 Å². The number of carbonyl (C=O) groups is 1. The zero-order chi connectivity index (χ0) is 9.07. The highest BCUT2D eigenvalue weighted by molar-refractivity contribution is 5.78. The van der Waals surface area contributed by atoms with Crippen molar-refractivity contribution in [2.45, 2.75) is 34.1 Å². The summed E-state index contributed by atoms with van der Waals surface area (Å²) in [6, 6.07) is 0. The predicted octanol–water partition coefficient (Wildman–Crippen LogP) is 1.80. The summed E-state index contributed by atoms with van der Waals surface area (Å²) in [6.07, 6.45) is 0.906. The van der Waals surface area contributed by atoms with E-state index in [-0.39, 0.29) is 17.2 Å². The Balaban J connectivity index is 4.29. The van der Waals surface area contributed by atoms with Crippen molar-refractivity contribution in [3.8, 4) is 0 Å². The van der Waals surface area contributed by atoms with Crippen molar-refractivity contribution in [3.05, 3.63) is 0 Å². The summed E-state index contributed by atoms with van der Waals surface area (Å²) in [6.45, 7) is 8.33. The Labute approximate surface area is 69.4 Å². The van der Waals surface area contributed by atoms with Gasteiger partial charge in [-0.25, -0.2) is 0 Å². The van der Waals surface area contributed by atoms with Gasteiger partial charge in [0, 0.05) is 13.0 Å². The second-order valence-corrected chi connectivity index (χ2v) is 3.94. The minimum absolute atomic E-state index is 0.0782. The van der Waals surface area contributed by atoms with Crippen LogP contribution in [0.3, 0.4) is 0 Å². The molecule has 0 heterocycles. The first kappa shape index (κ1) is 10.5. The lowest BCUT2D eigenvalue weighted by Gasteiger charge is -2.27. The van der Waals surface area contributed by atoms with E-state index in [0.717, 1.165) is 6.42 Å². The van der Waals surface area contributed by atoms with Gasteiger partial charge in [0.1, 0.15) is 0 Å². The molecule has 0 rings (SSSR count). The van der Waals surface area contributed by atoms with Crippen molar-refractivity contribution in [2.24, 2.45) is 11.3 Å². The number of amides is 1. The van der Waals surface area contributed by atoms with E-state index in [1.807, 2.05) is 6.92 Å². The van der Waals surface area contributed by atoms with Crippen molar-refractivity contribution >= 4 is 5.91 Å². The second-order valence-electron chi connectivity index (χ2n) is 3.94. The molecule has 1 N–H and O–H groups in total. The van der Waals surface area contributed by atoms with E-state index in [2.05, 4.69) is 26.1 Å². The topological polar surface area (TPSA) is 29.1 Å². The van der Waals surface area contributed by atoms with Gasteiger partial charge in [-0.15, -0.1) is 0 Å². The van der Waals surface area contributed by atoms with Crippen LogP contribution in [0.5, 0.6) is 0 Å². The molecule has 0 aromatic rings. The van der Waals surface area contributed by atoms with Gasteiger partial charge in [-0.3, -0.25) is 4.79 Å². The first-order chi connectivity index (χ1) is 4.93. The lowest BCUT2D eigenvalue weighted by atomic mass is 9.78. The highest BCUT2D eigenvalue weighted by atomic mass is 16.1. The molecule has 1 amide bonds. The van der Waals surface area contributed by atoms with Crippen LogP contribution in [-0.4, -0.2) is 13.0 Å². The van der Waals surface area contributed by atoms with E-state index in [1.165, 1.54) is 0 Å². The van der Waals surface area contributed by atoms with Gasteiger partial charge < -0.3 is 5.32 Å². The quantitative estimate of drug-likeness (QED) is 0.650. The number of hydrogen-bond acceptors (Lipinski definition) is 1. The standard InChI is InChI=1S/C9H19NO/c1-6-7(8(11)10-5)9(2,3)4/h7H,6H2,1-5H3,(H,10,11)/t7-/m1/s1. The minimum Gasteiger partial charge on any atom is -0.359 e. The van der Waals surface area contributed by atoms with Crippen LogP contribution < -0.4 is 5.32 Å². The highest BCUT2D eigenvalue weighted by Gasteiger charge is 2.28. The van der Waals surface area contributed by atoms with E-state index in [1.54, 1.807) is 7.05 Å². The molecular formula is C9H19NO. The molecule has 0 aliphatic rings. The largest absolute Gasteiger partial charge is 0.359 e. The van der Waals surface area contributed by atoms with E-state index in [9.17, 15) is 4.79 Å². The van der Waals surface area contributed by atoms with E-state index in [0.29, 0.717) is 0 Å². The average Bonchev–Trinajstić information content (AvgIpc) is 1.86. The zero-order valence-corrected chi connectivity index (χ0v) is 8.19. The summed E-state index contributed by atoms with van der Waals surface area (Å²) < 4.78 is 0. The van der Waals surface area contributed by atoms with Crippen LogP contribution in [0.2, 0.25) is 0 Å². The van der Waals surface area contributed by atoms with E-state index in [4.69, 9.17) is 0 Å². The summed E-state index contributed by atoms with van der Waals surface area (Å²) in [5, 5.41) is 2.68. The van der Waals surface area contributed by atoms with Gasteiger partial charge in [0.15, 0.2) is 0 Å². The third-order valence-corrected chi connectivity index (χ3v) is 2.02. The Hall–Kier alpha value is -0.530. The monoisotopic (exact) mass is 157 g/mol. The Kier molecular flexibility index (Phi) is 3.56. The van der Waals surface area contributed by atoms with Crippen LogP contribution in [0.4, 0.5) is 0 Å². The molecule has 0 aromatic heterocycles. The Morgan fingerprint density at radius 1 is 1.45 bits per heavy atom. The molecular weight excluding hydrogens is 138 g/mol. The number of nitrogens with one attached hydrogen (secondary N) is 1. The fraction of sp³-hybridized carbons (Fsp3) is 0.889. The maximum atomic E-state index is 11.3. The molecule has 0 unspecified atom stereocenters. The van der Waals surface area contributed by atoms with Crippen molar-refractivity contribution < 1.29 is 4.79 Å². The fourth-order valence-electron chi connectivity index (χ4n) is 1.37. The summed E-state index contributed by atoms with van der Waals surface area (Å²) in [7, 11) is 1.69. The Morgan fingerprint density at radius 2 is 1.91 bits per heavy atom. The lowest BCUT2D eigenvalue weighted by Crippen LogP contribution is -2.35. The van der Waals surface area contributed by atoms with Gasteiger partial charge in [0.25, 0.3) is 0 Å². The normalized spacial score (nSPS) is 14.3. The molecule has 66 valence electrons. The van der Waals surface area contributed by atoms with Crippen LogP contribution in [0.1, 0.15) is 34.1 Å². The second kappa shape index (κ2) is 3.74. The maximum absolute atomic E-state index is 11.3. The summed E-state index contributed by atoms with van der Waals surface area (Å²) >= 11 is 0. The molecule has 0 aliphatic carbocycles. The molecule has 0 spiro atoms. The van der Waals surface area contributed by atoms with Gasteiger partial charge in [0.05, 0.1) is 0 Å². The first-order valence-electron chi connectivity index (χ1n) is 4.15. The third-order valence-electron chi connectivity index (χ3n) is 2.02. The summed E-state index contributed by atoms with van der Waals surface area (Å²) in [5.74, 6) is 0.285. The van der Waals surface area contributed by atoms with Crippen molar-refractivity contribution in [1.82, 2.24) is 5.32 Å². The van der Waals surface area contributed by atoms with Crippen LogP contribution in [0.25, 0.3) is 0 Å². The average molecular weight is 157 g/mol. The summed E-state index contributed by atoms with van der Waals surface area (Å²) in [5.41, 5.74) is 0.0782. The molecule has 0 aromatic carbocycles. The van der Waals surface area contributed by atoms with Crippen molar-refractivity contribution in [1.29, 1.82) is 0 Å². The van der Waals surface area contributed by atoms with E-state index >= 15 is 0 Å². The molecule has 0 saturated heterocycles. The molecule has 2 heteroatoms. The maximum Gasteiger partial charge on any atom is 0.223 e. The molecule has 1 atom stereocenters. The SMILES string of the molecule is CC[C@H](C(=O)NC)C(C)(C)C. The predicted molar refractivity (Wildman–Crippen MR) is 47.3 cm³/mol. The third kappa shape index (κ3) is 2.91. The number of rotatable bonds is 2. The van der Waals surface area contributed by atoms with Crippen molar-refractivity contribution in [2.75, 3.05) is 7.05 Å². The van der Waals surface area contributed by atoms with Crippen LogP contribution in [0, 0.1) is 11.3 Å². The van der Waals surface area contributed by atoms with Crippen LogP contribution in [-0.2, 0) is 4.79 Å². The minimum atomic E-state index is 0.0782. The Bertz CT molecular complexity index is 135. The number of carbonyl (C=O) groups excluding carboxylic acids is 1. The van der Waals surface area contributed by atoms with E-state index < -0.39 is 0 Å². The van der Waals surface area contributed by atoms with Gasteiger partial charge >= 0.3 is 0 Å². The van der Waals surface area contributed by atoms with Crippen LogP contribution >= 0.6 is 0 Å². The summed E-state index contributed by atoms with van der Waals surface area (Å²) in [4.78, 5) is 11.3. The number of hydrogen-bond donors (Lipinski definition) is 1. The molecule has 2 nitrogen and oxygen atoms in total. The van der Waals surface area contributed by atoms with Crippen LogP contribution in [0.15, 0.2) is 0 Å². The van der Waals surface area contributed by atoms with Crippen molar-refractivity contribution in [3.63, 3.8) is 0 Å². The first-order valence-corrected chi connectivity index (χ1v) is 4.15. The fourth-order valence-corrected chi connectivity index (χ4v) is 1.37. The van der Waals surface area contributed by atoms with Gasteiger partial charge in [-0.1, -0.05) is 27.7 Å². The Morgan fingerprint density at radius 3 is 2.00 bits per heavy atom. The smallest absolute Gasteiger partial charge is 0.223 e.